The van der Waals surface area contributed by atoms with Crippen LogP contribution in [0.25, 0.3) is 11.0 Å². The zero-order valence-corrected chi connectivity index (χ0v) is 24.9. The van der Waals surface area contributed by atoms with Gasteiger partial charge in [-0.15, -0.1) is 0 Å². The normalized spacial score (nSPS) is 11.6. The minimum atomic E-state index is -0.940. The van der Waals surface area contributed by atoms with Crippen molar-refractivity contribution in [3.63, 3.8) is 0 Å². The van der Waals surface area contributed by atoms with Gasteiger partial charge in [0.05, 0.1) is 24.2 Å². The van der Waals surface area contributed by atoms with Crippen molar-refractivity contribution >= 4 is 28.9 Å². The first-order chi connectivity index (χ1) is 22.0. The van der Waals surface area contributed by atoms with Crippen LogP contribution < -0.4 is 10.6 Å². The lowest BCUT2D eigenvalue weighted by molar-refractivity contribution is -0.132. The van der Waals surface area contributed by atoms with Crippen LogP contribution in [0.5, 0.6) is 0 Å². The van der Waals surface area contributed by atoms with Crippen LogP contribution in [0.3, 0.4) is 0 Å². The van der Waals surface area contributed by atoms with Crippen LogP contribution in [-0.4, -0.2) is 41.1 Å². The highest BCUT2D eigenvalue weighted by atomic mass is 16.5. The molecule has 4 aromatic carbocycles. The Hall–Kier alpha value is -5.32. The molecule has 0 spiro atoms. The number of amidine groups is 1. The van der Waals surface area contributed by atoms with Crippen molar-refractivity contribution in [2.45, 2.75) is 32.4 Å². The molecule has 2 amide bonds. The lowest BCUT2D eigenvalue weighted by atomic mass is 10.1. The Labute approximate surface area is 261 Å². The fourth-order valence-electron chi connectivity index (χ4n) is 4.78. The summed E-state index contributed by atoms with van der Waals surface area (Å²) in [5.74, 6) is 0.0715. The molecule has 1 aromatic heterocycles. The fraction of sp³-hybridized carbons (Fsp3) is 0.200. The van der Waals surface area contributed by atoms with Crippen LogP contribution >= 0.6 is 0 Å². The molecule has 0 saturated heterocycles. The maximum Gasteiger partial charge on any atom is 0.413 e. The minimum Gasteiger partial charge on any atom is -0.444 e. The van der Waals surface area contributed by atoms with Gasteiger partial charge in [0, 0.05) is 25.8 Å². The van der Waals surface area contributed by atoms with E-state index >= 15 is 0 Å². The van der Waals surface area contributed by atoms with Crippen molar-refractivity contribution in [1.82, 2.24) is 20.2 Å². The number of fused-ring (bicyclic) bond motifs is 1. The summed E-state index contributed by atoms with van der Waals surface area (Å²) in [4.78, 5) is 30.2. The maximum absolute atomic E-state index is 13.3. The van der Waals surface area contributed by atoms with Crippen LogP contribution in [0.15, 0.2) is 109 Å². The highest BCUT2D eigenvalue weighted by Crippen LogP contribution is 2.23. The summed E-state index contributed by atoms with van der Waals surface area (Å²) in [6.07, 6.45) is -1.65. The largest absolute Gasteiger partial charge is 0.444 e. The van der Waals surface area contributed by atoms with Gasteiger partial charge in [0.1, 0.15) is 18.3 Å². The summed E-state index contributed by atoms with van der Waals surface area (Å²) in [5, 5.41) is 13.6. The number of hydrogen-bond donors (Lipinski definition) is 3. The average Bonchev–Trinajstić information content (AvgIpc) is 3.44. The molecule has 45 heavy (non-hydrogen) atoms. The molecular formula is C35H35N5O5. The van der Waals surface area contributed by atoms with Gasteiger partial charge in [-0.1, -0.05) is 97.1 Å². The van der Waals surface area contributed by atoms with Crippen molar-refractivity contribution in [2.75, 3.05) is 13.7 Å². The van der Waals surface area contributed by atoms with Crippen LogP contribution in [-0.2, 0) is 45.3 Å². The molecule has 5 aromatic rings. The Kier molecular flexibility index (Phi) is 10.7. The number of carbonyl (C=O) groups is 2. The molecule has 0 bridgehead atoms. The monoisotopic (exact) mass is 605 g/mol. The van der Waals surface area contributed by atoms with E-state index < -0.39 is 12.2 Å². The second kappa shape index (κ2) is 15.4. The highest BCUT2D eigenvalue weighted by Gasteiger charge is 2.26. The van der Waals surface area contributed by atoms with Crippen LogP contribution in [0.4, 0.5) is 4.79 Å². The van der Waals surface area contributed by atoms with Gasteiger partial charge in [-0.25, -0.2) is 9.78 Å². The zero-order valence-electron chi connectivity index (χ0n) is 24.9. The van der Waals surface area contributed by atoms with E-state index in [1.807, 2.05) is 89.5 Å². The van der Waals surface area contributed by atoms with Crippen molar-refractivity contribution < 1.29 is 23.8 Å². The summed E-state index contributed by atoms with van der Waals surface area (Å²) < 4.78 is 18.7. The number of nitrogens with one attached hydrogen (secondary N) is 3. The van der Waals surface area contributed by atoms with Gasteiger partial charge in [-0.3, -0.25) is 15.5 Å². The van der Waals surface area contributed by atoms with Crippen molar-refractivity contribution in [3.05, 3.63) is 137 Å². The van der Waals surface area contributed by atoms with Gasteiger partial charge in [0.25, 0.3) is 5.91 Å². The Balaban J connectivity index is 1.16. The number of methoxy groups -OCH3 is 1. The molecule has 10 nitrogen and oxygen atoms in total. The quantitative estimate of drug-likeness (QED) is 0.0923. The third-order valence-corrected chi connectivity index (χ3v) is 7.11. The molecule has 1 atom stereocenters. The zero-order chi connectivity index (χ0) is 31.4. The number of hydrogen-bond acceptors (Lipinski definition) is 7. The molecule has 0 fully saturated rings. The standard InChI is InChI=1S/C35H35N5O5/c1-43-31(33-38-29-14-8-9-15-30(29)40(33)20-21-44-23-26-10-4-2-5-11-26)34(41)37-22-25-16-18-28(19-17-25)32(36)39-35(42)45-24-27-12-6-3-7-13-27/h2-19,31H,20-24H2,1H3,(H,37,41)(H2,36,39,42). The molecule has 230 valence electrons. The highest BCUT2D eigenvalue weighted by molar-refractivity contribution is 6.04. The molecule has 0 aliphatic rings. The van der Waals surface area contributed by atoms with Gasteiger partial charge < -0.3 is 24.1 Å². The van der Waals surface area contributed by atoms with Gasteiger partial charge in [-0.05, 0) is 28.8 Å². The first-order valence-corrected chi connectivity index (χ1v) is 14.5. The van der Waals surface area contributed by atoms with Gasteiger partial charge >= 0.3 is 6.09 Å². The lowest BCUT2D eigenvalue weighted by Crippen LogP contribution is -2.32. The van der Waals surface area contributed by atoms with E-state index in [4.69, 9.17) is 24.6 Å². The topological polar surface area (TPSA) is 128 Å². The van der Waals surface area contributed by atoms with Crippen LogP contribution in [0.2, 0.25) is 0 Å². The third kappa shape index (κ3) is 8.41. The maximum atomic E-state index is 13.3. The summed E-state index contributed by atoms with van der Waals surface area (Å²) in [6.45, 7) is 1.76. The number of rotatable bonds is 13. The predicted molar refractivity (Wildman–Crippen MR) is 170 cm³/mol. The molecule has 0 aliphatic heterocycles. The number of ether oxygens (including phenoxy) is 3. The number of amides is 2. The van der Waals surface area contributed by atoms with E-state index in [9.17, 15) is 9.59 Å². The molecule has 1 heterocycles. The number of alkyl carbamates (subject to hydrolysis) is 1. The average molecular weight is 606 g/mol. The second-order valence-electron chi connectivity index (χ2n) is 10.2. The molecule has 10 heteroatoms. The second-order valence-corrected chi connectivity index (χ2v) is 10.2. The molecule has 0 aliphatic carbocycles. The van der Waals surface area contributed by atoms with Crippen molar-refractivity contribution in [3.8, 4) is 0 Å². The number of aromatic nitrogens is 2. The summed E-state index contributed by atoms with van der Waals surface area (Å²) in [7, 11) is 1.48. The van der Waals surface area contributed by atoms with E-state index in [1.54, 1.807) is 24.3 Å². The number of para-hydroxylation sites is 2. The third-order valence-electron chi connectivity index (χ3n) is 7.11. The summed E-state index contributed by atoms with van der Waals surface area (Å²) in [5.41, 5.74) is 4.91. The first kappa shape index (κ1) is 31.1. The van der Waals surface area contributed by atoms with E-state index in [-0.39, 0.29) is 24.9 Å². The van der Waals surface area contributed by atoms with E-state index in [0.717, 1.165) is 27.7 Å². The van der Waals surface area contributed by atoms with Crippen LogP contribution in [0, 0.1) is 5.41 Å². The van der Waals surface area contributed by atoms with E-state index in [2.05, 4.69) is 10.6 Å². The number of nitrogens with zero attached hydrogens (tertiary/aromatic N) is 2. The van der Waals surface area contributed by atoms with E-state index in [1.165, 1.54) is 7.11 Å². The smallest absolute Gasteiger partial charge is 0.413 e. The SMILES string of the molecule is COC(C(=O)NCc1ccc(C(=N)NC(=O)OCc2ccccc2)cc1)c1nc2ccccc2n1CCOCc1ccccc1. The van der Waals surface area contributed by atoms with Crippen LogP contribution in [0.1, 0.15) is 34.2 Å². The first-order valence-electron chi connectivity index (χ1n) is 14.5. The van der Waals surface area contributed by atoms with Crippen molar-refractivity contribution in [1.29, 1.82) is 5.41 Å². The van der Waals surface area contributed by atoms with Gasteiger partial charge in [0.15, 0.2) is 6.10 Å². The fourth-order valence-corrected chi connectivity index (χ4v) is 4.78. The van der Waals surface area contributed by atoms with E-state index in [0.29, 0.717) is 31.1 Å². The molecule has 0 saturated carbocycles. The molecule has 3 N–H and O–H groups in total. The number of benzene rings is 4. The van der Waals surface area contributed by atoms with Gasteiger partial charge in [0.2, 0.25) is 0 Å². The number of carbonyl (C=O) groups excluding carboxylic acids is 2. The summed E-state index contributed by atoms with van der Waals surface area (Å²) >= 11 is 0. The molecular weight excluding hydrogens is 570 g/mol. The lowest BCUT2D eigenvalue weighted by Gasteiger charge is -2.17. The Bertz CT molecular complexity index is 1720. The Morgan fingerprint density at radius 2 is 1.47 bits per heavy atom. The molecule has 1 unspecified atom stereocenters. The number of imidazole rings is 1. The van der Waals surface area contributed by atoms with Gasteiger partial charge in [-0.2, -0.15) is 0 Å². The minimum absolute atomic E-state index is 0.0882. The predicted octanol–water partition coefficient (Wildman–Crippen LogP) is 5.51. The summed E-state index contributed by atoms with van der Waals surface area (Å²) in [6, 6.07) is 33.9. The van der Waals surface area contributed by atoms with Crippen molar-refractivity contribution in [2.24, 2.45) is 0 Å². The Morgan fingerprint density at radius 1 is 0.822 bits per heavy atom. The molecule has 0 radical (unpaired) electrons. The molecule has 5 rings (SSSR count). The Morgan fingerprint density at radius 3 is 2.16 bits per heavy atom.